The zero-order valence-electron chi connectivity index (χ0n) is 17.3. The Bertz CT molecular complexity index is 970. The average molecular weight is 457 g/mol. The molecule has 1 aliphatic heterocycles. The van der Waals surface area contributed by atoms with Crippen molar-refractivity contribution >= 4 is 58.2 Å². The Hall–Kier alpha value is -2.90. The van der Waals surface area contributed by atoms with Gasteiger partial charge in [0.15, 0.2) is 5.11 Å². The summed E-state index contributed by atoms with van der Waals surface area (Å²) < 4.78 is 0. The maximum Gasteiger partial charge on any atom is 0.250 e. The van der Waals surface area contributed by atoms with Gasteiger partial charge in [-0.25, -0.2) is 0 Å². The maximum absolute atomic E-state index is 12.2. The lowest BCUT2D eigenvalue weighted by Crippen LogP contribution is -2.48. The molecule has 1 heterocycles. The summed E-state index contributed by atoms with van der Waals surface area (Å²) in [5.74, 6) is -0.141. The number of hydrogen-bond acceptors (Lipinski definition) is 4. The first kappa shape index (κ1) is 22.8. The number of nitrogens with zero attached hydrogens (tertiary/aromatic N) is 2. The lowest BCUT2D eigenvalue weighted by atomic mass is 10.2. The molecule has 8 heteroatoms. The van der Waals surface area contributed by atoms with E-state index in [1.807, 2.05) is 48.2 Å². The van der Waals surface area contributed by atoms with Gasteiger partial charge < -0.3 is 15.1 Å². The molecule has 1 fully saturated rings. The molecule has 0 saturated carbocycles. The molecule has 3 rings (SSSR count). The average Bonchev–Trinajstić information content (AvgIpc) is 2.78. The first-order valence-electron chi connectivity index (χ1n) is 10.1. The van der Waals surface area contributed by atoms with E-state index in [0.29, 0.717) is 24.5 Å². The third-order valence-electron chi connectivity index (χ3n) is 4.96. The number of amides is 2. The Morgan fingerprint density at radius 3 is 2.42 bits per heavy atom. The number of para-hydroxylation sites is 2. The Kier molecular flexibility index (Phi) is 8.03. The topological polar surface area (TPSA) is 64.7 Å². The molecule has 0 aromatic heterocycles. The van der Waals surface area contributed by atoms with Crippen molar-refractivity contribution in [2.45, 2.75) is 13.3 Å². The largest absolute Gasteiger partial charge is 0.366 e. The molecule has 6 nitrogen and oxygen atoms in total. The fourth-order valence-corrected chi connectivity index (χ4v) is 3.66. The zero-order chi connectivity index (χ0) is 22.2. The second-order valence-corrected chi connectivity index (χ2v) is 7.91. The lowest BCUT2D eigenvalue weighted by molar-refractivity contribution is -0.131. The molecular weight excluding hydrogens is 432 g/mol. The van der Waals surface area contributed by atoms with Gasteiger partial charge in [0.25, 0.3) is 0 Å². The van der Waals surface area contributed by atoms with E-state index < -0.39 is 0 Å². The van der Waals surface area contributed by atoms with Gasteiger partial charge in [-0.2, -0.15) is 0 Å². The van der Waals surface area contributed by atoms with Gasteiger partial charge in [0.2, 0.25) is 11.8 Å². The highest BCUT2D eigenvalue weighted by atomic mass is 35.5. The maximum atomic E-state index is 12.2. The molecule has 1 saturated heterocycles. The van der Waals surface area contributed by atoms with Crippen molar-refractivity contribution in [2.24, 2.45) is 0 Å². The Labute approximate surface area is 192 Å². The standard InChI is InChI=1S/C23H25ClN4O2S/c1-2-22(30)28-15-13-27(14-16-28)20-6-4-3-5-19(20)25-23(31)26-21(29)12-9-17-7-10-18(24)11-8-17/h3-12H,2,13-16H2,1H3,(H2,25,26,29,31)/b12-9+. The number of anilines is 2. The summed E-state index contributed by atoms with van der Waals surface area (Å²) in [5.41, 5.74) is 2.66. The van der Waals surface area contributed by atoms with E-state index in [-0.39, 0.29) is 16.9 Å². The van der Waals surface area contributed by atoms with Gasteiger partial charge in [-0.1, -0.05) is 42.8 Å². The van der Waals surface area contributed by atoms with Crippen LogP contribution in [0.1, 0.15) is 18.9 Å². The summed E-state index contributed by atoms with van der Waals surface area (Å²) in [4.78, 5) is 28.2. The quantitative estimate of drug-likeness (QED) is 0.527. The highest BCUT2D eigenvalue weighted by Crippen LogP contribution is 2.26. The number of rotatable bonds is 5. The normalized spacial score (nSPS) is 13.9. The van der Waals surface area contributed by atoms with E-state index in [0.717, 1.165) is 30.0 Å². The van der Waals surface area contributed by atoms with Crippen LogP contribution in [0.25, 0.3) is 6.08 Å². The number of piperazine rings is 1. The number of halogens is 1. The minimum atomic E-state index is -0.323. The summed E-state index contributed by atoms with van der Waals surface area (Å²) in [6.07, 6.45) is 3.64. The summed E-state index contributed by atoms with van der Waals surface area (Å²) in [6.45, 7) is 4.75. The van der Waals surface area contributed by atoms with E-state index in [1.165, 1.54) is 6.08 Å². The van der Waals surface area contributed by atoms with Crippen molar-refractivity contribution < 1.29 is 9.59 Å². The Balaban J connectivity index is 1.57. The third kappa shape index (κ3) is 6.54. The first-order valence-corrected chi connectivity index (χ1v) is 10.9. The van der Waals surface area contributed by atoms with E-state index in [1.54, 1.807) is 18.2 Å². The van der Waals surface area contributed by atoms with Gasteiger partial charge in [-0.15, -0.1) is 0 Å². The number of carbonyl (C=O) groups excluding carboxylic acids is 2. The molecule has 2 aromatic rings. The molecule has 0 unspecified atom stereocenters. The Morgan fingerprint density at radius 1 is 1.06 bits per heavy atom. The minimum Gasteiger partial charge on any atom is -0.366 e. The number of hydrogen-bond donors (Lipinski definition) is 2. The van der Waals surface area contributed by atoms with Crippen molar-refractivity contribution in [3.05, 3.63) is 65.2 Å². The van der Waals surface area contributed by atoms with Crippen LogP contribution in [0.5, 0.6) is 0 Å². The lowest BCUT2D eigenvalue weighted by Gasteiger charge is -2.37. The first-order chi connectivity index (χ1) is 15.0. The fourth-order valence-electron chi connectivity index (χ4n) is 3.33. The summed E-state index contributed by atoms with van der Waals surface area (Å²) in [7, 11) is 0. The van der Waals surface area contributed by atoms with Crippen LogP contribution in [0.2, 0.25) is 5.02 Å². The molecule has 2 N–H and O–H groups in total. The molecular formula is C23H25ClN4O2S. The number of benzene rings is 2. The van der Waals surface area contributed by atoms with Crippen molar-refractivity contribution in [1.29, 1.82) is 0 Å². The highest BCUT2D eigenvalue weighted by molar-refractivity contribution is 7.80. The summed E-state index contributed by atoms with van der Waals surface area (Å²) >= 11 is 11.2. The van der Waals surface area contributed by atoms with Crippen LogP contribution in [0.3, 0.4) is 0 Å². The van der Waals surface area contributed by atoms with Gasteiger partial charge in [0.1, 0.15) is 0 Å². The van der Waals surface area contributed by atoms with Crippen LogP contribution in [0.4, 0.5) is 11.4 Å². The number of nitrogens with one attached hydrogen (secondary N) is 2. The van der Waals surface area contributed by atoms with E-state index in [4.69, 9.17) is 23.8 Å². The fraction of sp³-hybridized carbons (Fsp3) is 0.261. The molecule has 2 amide bonds. The van der Waals surface area contributed by atoms with Crippen LogP contribution < -0.4 is 15.5 Å². The molecule has 0 spiro atoms. The molecule has 0 aliphatic carbocycles. The van der Waals surface area contributed by atoms with Crippen LogP contribution in [-0.2, 0) is 9.59 Å². The van der Waals surface area contributed by atoms with Crippen LogP contribution in [-0.4, -0.2) is 48.0 Å². The monoisotopic (exact) mass is 456 g/mol. The van der Waals surface area contributed by atoms with Gasteiger partial charge in [0.05, 0.1) is 11.4 Å². The molecule has 0 atom stereocenters. The van der Waals surface area contributed by atoms with Crippen molar-refractivity contribution in [2.75, 3.05) is 36.4 Å². The zero-order valence-corrected chi connectivity index (χ0v) is 18.9. The van der Waals surface area contributed by atoms with Gasteiger partial charge in [-0.05, 0) is 48.1 Å². The van der Waals surface area contributed by atoms with Gasteiger partial charge >= 0.3 is 0 Å². The van der Waals surface area contributed by atoms with Crippen LogP contribution in [0, 0.1) is 0 Å². The molecule has 1 aliphatic rings. The smallest absolute Gasteiger partial charge is 0.250 e. The number of thiocarbonyl (C=S) groups is 1. The second kappa shape index (κ2) is 10.9. The Morgan fingerprint density at radius 2 is 1.74 bits per heavy atom. The minimum absolute atomic E-state index is 0.182. The van der Waals surface area contributed by atoms with Gasteiger partial charge in [-0.3, -0.25) is 14.9 Å². The third-order valence-corrected chi connectivity index (χ3v) is 5.42. The summed E-state index contributed by atoms with van der Waals surface area (Å²) in [5, 5.41) is 6.65. The number of carbonyl (C=O) groups is 2. The van der Waals surface area contributed by atoms with Crippen molar-refractivity contribution in [1.82, 2.24) is 10.2 Å². The van der Waals surface area contributed by atoms with Gasteiger partial charge in [0, 0.05) is 43.7 Å². The van der Waals surface area contributed by atoms with Crippen molar-refractivity contribution in [3.63, 3.8) is 0 Å². The molecule has 2 aromatic carbocycles. The van der Waals surface area contributed by atoms with E-state index in [9.17, 15) is 9.59 Å². The molecule has 0 radical (unpaired) electrons. The SMILES string of the molecule is CCC(=O)N1CCN(c2ccccc2NC(=S)NC(=O)/C=C/c2ccc(Cl)cc2)CC1. The molecule has 162 valence electrons. The van der Waals surface area contributed by atoms with E-state index >= 15 is 0 Å². The molecule has 31 heavy (non-hydrogen) atoms. The van der Waals surface area contributed by atoms with Crippen molar-refractivity contribution in [3.8, 4) is 0 Å². The highest BCUT2D eigenvalue weighted by Gasteiger charge is 2.21. The van der Waals surface area contributed by atoms with Crippen LogP contribution in [0.15, 0.2) is 54.6 Å². The predicted octanol–water partition coefficient (Wildman–Crippen LogP) is 3.93. The second-order valence-electron chi connectivity index (χ2n) is 7.07. The summed E-state index contributed by atoms with van der Waals surface area (Å²) in [6, 6.07) is 15.0. The predicted molar refractivity (Wildman–Crippen MR) is 130 cm³/mol. The van der Waals surface area contributed by atoms with E-state index in [2.05, 4.69) is 15.5 Å². The molecule has 0 bridgehead atoms. The van der Waals surface area contributed by atoms with Crippen LogP contribution >= 0.6 is 23.8 Å².